The lowest BCUT2D eigenvalue weighted by atomic mass is 9.69. The highest BCUT2D eigenvalue weighted by atomic mass is 16.1. The minimum absolute atomic E-state index is 0.0636. The van der Waals surface area contributed by atoms with Crippen LogP contribution in [0.2, 0.25) is 0 Å². The number of H-pyrrole nitrogens is 1. The summed E-state index contributed by atoms with van der Waals surface area (Å²) in [4.78, 5) is 31.3. The van der Waals surface area contributed by atoms with E-state index in [4.69, 9.17) is 0 Å². The van der Waals surface area contributed by atoms with Crippen molar-refractivity contribution in [3.63, 3.8) is 0 Å². The number of hydrogen-bond acceptors (Lipinski definition) is 3. The van der Waals surface area contributed by atoms with Gasteiger partial charge in [0, 0.05) is 23.7 Å². The van der Waals surface area contributed by atoms with E-state index in [2.05, 4.69) is 15.3 Å². The first-order valence-electron chi connectivity index (χ1n) is 9.38. The van der Waals surface area contributed by atoms with Gasteiger partial charge < -0.3 is 10.3 Å². The standard InChI is InChI=1S/C19H29N3O2/c1-12-17(19(24)21-13(2)20-12)9-10-18(23)22-16-8-7-14-5-3-4-6-15(14)11-16/h14-16H,3-11H2,1-2H3,(H,22,23)(H,20,21,24)/t14-,15-,16-/m1/s1. The van der Waals surface area contributed by atoms with Crippen LogP contribution in [0.1, 0.15) is 68.4 Å². The summed E-state index contributed by atoms with van der Waals surface area (Å²) in [6, 6.07) is 0.326. The van der Waals surface area contributed by atoms with E-state index in [1.165, 1.54) is 32.1 Å². The van der Waals surface area contributed by atoms with Crippen LogP contribution in [0.3, 0.4) is 0 Å². The normalized spacial score (nSPS) is 26.7. The number of aromatic amines is 1. The quantitative estimate of drug-likeness (QED) is 0.891. The van der Waals surface area contributed by atoms with Crippen molar-refractivity contribution in [3.05, 3.63) is 27.4 Å². The number of amides is 1. The van der Waals surface area contributed by atoms with Crippen molar-refractivity contribution < 1.29 is 4.79 Å². The average Bonchev–Trinajstić information content (AvgIpc) is 2.53. The van der Waals surface area contributed by atoms with Crippen molar-refractivity contribution in [1.82, 2.24) is 15.3 Å². The van der Waals surface area contributed by atoms with Crippen molar-refractivity contribution >= 4 is 5.91 Å². The predicted molar refractivity (Wildman–Crippen MR) is 93.9 cm³/mol. The largest absolute Gasteiger partial charge is 0.353 e. The molecule has 2 aliphatic rings. The first-order chi connectivity index (χ1) is 11.5. The number of carbonyl (C=O) groups excluding carboxylic acids is 1. The van der Waals surface area contributed by atoms with Gasteiger partial charge in [0.2, 0.25) is 5.91 Å². The van der Waals surface area contributed by atoms with Crippen molar-refractivity contribution in [3.8, 4) is 0 Å². The third-order valence-electron chi connectivity index (χ3n) is 5.85. The van der Waals surface area contributed by atoms with Crippen LogP contribution in [-0.4, -0.2) is 21.9 Å². The van der Waals surface area contributed by atoms with E-state index in [0.717, 1.165) is 30.4 Å². The molecule has 0 saturated heterocycles. The molecule has 132 valence electrons. The second-order valence-corrected chi connectivity index (χ2v) is 7.60. The summed E-state index contributed by atoms with van der Waals surface area (Å²) in [5.41, 5.74) is 1.24. The molecular weight excluding hydrogens is 302 g/mol. The van der Waals surface area contributed by atoms with Gasteiger partial charge in [-0.2, -0.15) is 0 Å². The molecule has 1 amide bonds. The third kappa shape index (κ3) is 4.05. The van der Waals surface area contributed by atoms with Crippen LogP contribution in [0, 0.1) is 25.7 Å². The second kappa shape index (κ2) is 7.49. The Hall–Kier alpha value is -1.65. The molecule has 2 N–H and O–H groups in total. The molecule has 3 rings (SSSR count). The van der Waals surface area contributed by atoms with Gasteiger partial charge in [-0.1, -0.05) is 25.7 Å². The van der Waals surface area contributed by atoms with Crippen LogP contribution in [0.25, 0.3) is 0 Å². The maximum absolute atomic E-state index is 12.3. The fourth-order valence-corrected chi connectivity index (χ4v) is 4.59. The topological polar surface area (TPSA) is 74.8 Å². The highest BCUT2D eigenvalue weighted by Crippen LogP contribution is 2.40. The summed E-state index contributed by atoms with van der Waals surface area (Å²) < 4.78 is 0. The Morgan fingerprint density at radius 3 is 2.67 bits per heavy atom. The van der Waals surface area contributed by atoms with Crippen LogP contribution in [0.5, 0.6) is 0 Å². The Labute approximate surface area is 143 Å². The number of rotatable bonds is 4. The first-order valence-corrected chi connectivity index (χ1v) is 9.38. The molecule has 1 aromatic heterocycles. The van der Waals surface area contributed by atoms with Gasteiger partial charge in [-0.3, -0.25) is 9.59 Å². The zero-order valence-electron chi connectivity index (χ0n) is 14.9. The molecule has 0 radical (unpaired) electrons. The fourth-order valence-electron chi connectivity index (χ4n) is 4.59. The minimum atomic E-state index is -0.115. The van der Waals surface area contributed by atoms with Gasteiger partial charge in [0.15, 0.2) is 0 Å². The van der Waals surface area contributed by atoms with Gasteiger partial charge in [-0.25, -0.2) is 4.98 Å². The number of hydrogen-bond donors (Lipinski definition) is 2. The molecule has 1 aromatic rings. The molecule has 0 unspecified atom stereocenters. The number of nitrogens with one attached hydrogen (secondary N) is 2. The lowest BCUT2D eigenvalue weighted by Crippen LogP contribution is -2.41. The molecule has 5 heteroatoms. The molecular formula is C19H29N3O2. The SMILES string of the molecule is Cc1nc(C)c(CCC(=O)N[C@@H]2CC[C@H]3CCCC[C@@H]3C2)c(=O)[nH]1. The Kier molecular flexibility index (Phi) is 5.36. The number of nitrogens with zero attached hydrogens (tertiary/aromatic N) is 1. The molecule has 2 aliphatic carbocycles. The van der Waals surface area contributed by atoms with Crippen molar-refractivity contribution in [2.24, 2.45) is 11.8 Å². The van der Waals surface area contributed by atoms with Gasteiger partial charge in [-0.05, 0) is 51.4 Å². The second-order valence-electron chi connectivity index (χ2n) is 7.60. The molecule has 24 heavy (non-hydrogen) atoms. The number of aryl methyl sites for hydroxylation is 2. The van der Waals surface area contributed by atoms with Crippen molar-refractivity contribution in [1.29, 1.82) is 0 Å². The Morgan fingerprint density at radius 2 is 1.92 bits per heavy atom. The van der Waals surface area contributed by atoms with E-state index in [1.807, 2.05) is 6.92 Å². The lowest BCUT2D eigenvalue weighted by molar-refractivity contribution is -0.122. The summed E-state index contributed by atoms with van der Waals surface area (Å²) >= 11 is 0. The van der Waals surface area contributed by atoms with E-state index < -0.39 is 0 Å². The summed E-state index contributed by atoms with van der Waals surface area (Å²) in [7, 11) is 0. The monoisotopic (exact) mass is 331 g/mol. The summed E-state index contributed by atoms with van der Waals surface area (Å²) in [5.74, 6) is 2.39. The molecule has 3 atom stereocenters. The van der Waals surface area contributed by atoms with E-state index in [9.17, 15) is 9.59 Å². The molecule has 0 aromatic carbocycles. The van der Waals surface area contributed by atoms with Crippen LogP contribution in [0.4, 0.5) is 0 Å². The number of carbonyl (C=O) groups is 1. The molecule has 5 nitrogen and oxygen atoms in total. The number of fused-ring (bicyclic) bond motifs is 1. The van der Waals surface area contributed by atoms with Crippen LogP contribution in [-0.2, 0) is 11.2 Å². The highest BCUT2D eigenvalue weighted by Gasteiger charge is 2.32. The predicted octanol–water partition coefficient (Wildman–Crippen LogP) is 2.79. The van der Waals surface area contributed by atoms with Crippen LogP contribution >= 0.6 is 0 Å². The fraction of sp³-hybridized carbons (Fsp3) is 0.737. The van der Waals surface area contributed by atoms with Gasteiger partial charge in [0.1, 0.15) is 5.82 Å². The average molecular weight is 331 g/mol. The van der Waals surface area contributed by atoms with Gasteiger partial charge in [-0.15, -0.1) is 0 Å². The summed E-state index contributed by atoms with van der Waals surface area (Å²) in [5, 5.41) is 3.20. The van der Waals surface area contributed by atoms with E-state index in [0.29, 0.717) is 30.3 Å². The first kappa shape index (κ1) is 17.2. The van der Waals surface area contributed by atoms with Crippen LogP contribution in [0.15, 0.2) is 4.79 Å². The maximum Gasteiger partial charge on any atom is 0.254 e. The van der Waals surface area contributed by atoms with Gasteiger partial charge >= 0.3 is 0 Å². The van der Waals surface area contributed by atoms with Gasteiger partial charge in [0.05, 0.1) is 0 Å². The number of aromatic nitrogens is 2. The Morgan fingerprint density at radius 1 is 1.17 bits per heavy atom. The molecule has 1 heterocycles. The lowest BCUT2D eigenvalue weighted by Gasteiger charge is -2.39. The molecule has 0 aliphatic heterocycles. The molecule has 0 bridgehead atoms. The van der Waals surface area contributed by atoms with Crippen molar-refractivity contribution in [2.45, 2.75) is 77.7 Å². The Balaban J connectivity index is 1.50. The molecule has 0 spiro atoms. The summed E-state index contributed by atoms with van der Waals surface area (Å²) in [6.45, 7) is 3.60. The van der Waals surface area contributed by atoms with Crippen LogP contribution < -0.4 is 10.9 Å². The molecule has 2 saturated carbocycles. The maximum atomic E-state index is 12.3. The van der Waals surface area contributed by atoms with Gasteiger partial charge in [0.25, 0.3) is 5.56 Å². The summed E-state index contributed by atoms with van der Waals surface area (Å²) in [6.07, 6.45) is 9.78. The smallest absolute Gasteiger partial charge is 0.254 e. The van der Waals surface area contributed by atoms with Crippen molar-refractivity contribution in [2.75, 3.05) is 0 Å². The third-order valence-corrected chi connectivity index (χ3v) is 5.85. The van der Waals surface area contributed by atoms with E-state index in [-0.39, 0.29) is 11.5 Å². The zero-order valence-corrected chi connectivity index (χ0v) is 14.9. The van der Waals surface area contributed by atoms with E-state index in [1.54, 1.807) is 6.92 Å². The molecule has 2 fully saturated rings. The minimum Gasteiger partial charge on any atom is -0.353 e. The zero-order chi connectivity index (χ0) is 17.1. The van der Waals surface area contributed by atoms with E-state index >= 15 is 0 Å². The Bertz CT molecular complexity index is 653. The highest BCUT2D eigenvalue weighted by molar-refractivity contribution is 5.76.